The van der Waals surface area contributed by atoms with Crippen LogP contribution in [0.2, 0.25) is 10.2 Å². The van der Waals surface area contributed by atoms with Crippen LogP contribution in [0.1, 0.15) is 28.4 Å². The molecule has 25 heavy (non-hydrogen) atoms. The molecule has 0 aliphatic carbocycles. The molecule has 0 fully saturated rings. The van der Waals surface area contributed by atoms with E-state index in [1.165, 1.54) is 0 Å². The van der Waals surface area contributed by atoms with E-state index in [2.05, 4.69) is 9.98 Å². The number of nitrogens with zero attached hydrogens (tertiary/aromatic N) is 2. The van der Waals surface area contributed by atoms with Crippen molar-refractivity contribution in [2.75, 3.05) is 13.2 Å². The van der Waals surface area contributed by atoms with Gasteiger partial charge in [0.25, 0.3) is 5.91 Å². The van der Waals surface area contributed by atoms with E-state index in [0.29, 0.717) is 18.1 Å². The van der Waals surface area contributed by atoms with E-state index < -0.39 is 5.91 Å². The number of amidine groups is 1. The number of pyridine rings is 1. The van der Waals surface area contributed by atoms with Crippen molar-refractivity contribution in [1.29, 1.82) is 0 Å². The number of amides is 1. The van der Waals surface area contributed by atoms with Gasteiger partial charge in [0.2, 0.25) is 0 Å². The second-order valence-electron chi connectivity index (χ2n) is 5.34. The number of rotatable bonds is 7. The molecule has 5 nitrogen and oxygen atoms in total. The molecule has 0 spiro atoms. The molecule has 0 aliphatic heterocycles. The average Bonchev–Trinajstić information content (AvgIpc) is 2.60. The second-order valence-corrected chi connectivity index (χ2v) is 6.10. The number of carbonyl (C=O) groups is 1. The van der Waals surface area contributed by atoms with E-state index >= 15 is 0 Å². The molecule has 0 atom stereocenters. The minimum atomic E-state index is -0.528. The Kier molecular flexibility index (Phi) is 7.37. The Labute approximate surface area is 156 Å². The zero-order valence-corrected chi connectivity index (χ0v) is 15.3. The van der Waals surface area contributed by atoms with Crippen molar-refractivity contribution < 1.29 is 9.53 Å². The lowest BCUT2D eigenvalue weighted by atomic mass is 10.1. The number of ether oxygens (including phenoxy) is 1. The highest BCUT2D eigenvalue weighted by molar-refractivity contribution is 6.33. The van der Waals surface area contributed by atoms with E-state index in [9.17, 15) is 4.79 Å². The number of aliphatic imine (C=N–C) groups is 1. The minimum Gasteiger partial charge on any atom is -0.385 e. The summed E-state index contributed by atoms with van der Waals surface area (Å²) in [5, 5.41) is 0.805. The summed E-state index contributed by atoms with van der Waals surface area (Å²) in [5.74, 6) is -0.442. The third-order valence-corrected chi connectivity index (χ3v) is 4.17. The van der Waals surface area contributed by atoms with Crippen LogP contribution in [-0.2, 0) is 17.6 Å². The summed E-state index contributed by atoms with van der Waals surface area (Å²) in [5.41, 5.74) is 7.88. The fraction of sp³-hybridized carbons (Fsp3) is 0.278. The van der Waals surface area contributed by atoms with E-state index in [-0.39, 0.29) is 23.2 Å². The molecule has 0 saturated carbocycles. The standard InChI is InChI=1S/C18H19Cl2N3O2/c1-2-12-9-14(17(20)22-10-12)18(24)23-16(21)11-25-8-7-13-5-3-4-6-15(13)19/h3-6,9-10H,2,7-8,11H2,1H3,(H2,21,23,24). The Morgan fingerprint density at radius 3 is 2.80 bits per heavy atom. The molecule has 7 heteroatoms. The first-order valence-corrected chi connectivity index (χ1v) is 8.59. The molecule has 0 unspecified atom stereocenters. The molecule has 1 amide bonds. The SMILES string of the molecule is CCc1cnc(Cl)c(C(=O)N=C(N)COCCc2ccccc2Cl)c1. The van der Waals surface area contributed by atoms with Crippen LogP contribution in [0.25, 0.3) is 0 Å². The number of nitrogens with two attached hydrogens (primary N) is 1. The Bertz CT molecular complexity index is 779. The highest BCUT2D eigenvalue weighted by atomic mass is 35.5. The van der Waals surface area contributed by atoms with Crippen molar-refractivity contribution in [3.05, 3.63) is 63.4 Å². The third kappa shape index (κ3) is 5.81. The monoisotopic (exact) mass is 379 g/mol. The van der Waals surface area contributed by atoms with Crippen molar-refractivity contribution in [1.82, 2.24) is 4.98 Å². The molecule has 0 aliphatic rings. The van der Waals surface area contributed by atoms with Gasteiger partial charge in [-0.2, -0.15) is 4.99 Å². The van der Waals surface area contributed by atoms with Crippen LogP contribution in [0, 0.1) is 0 Å². The topological polar surface area (TPSA) is 77.6 Å². The summed E-state index contributed by atoms with van der Waals surface area (Å²) in [6.07, 6.45) is 3.02. The molecule has 1 heterocycles. The summed E-state index contributed by atoms with van der Waals surface area (Å²) in [4.78, 5) is 20.0. The van der Waals surface area contributed by atoms with Gasteiger partial charge in [0.05, 0.1) is 12.2 Å². The smallest absolute Gasteiger partial charge is 0.281 e. The zero-order chi connectivity index (χ0) is 18.2. The van der Waals surface area contributed by atoms with Crippen molar-refractivity contribution >= 4 is 34.9 Å². The van der Waals surface area contributed by atoms with Crippen LogP contribution in [0.3, 0.4) is 0 Å². The number of aromatic nitrogens is 1. The summed E-state index contributed by atoms with van der Waals surface area (Å²) >= 11 is 12.0. The van der Waals surface area contributed by atoms with E-state index in [1.54, 1.807) is 12.3 Å². The van der Waals surface area contributed by atoms with Gasteiger partial charge >= 0.3 is 0 Å². The van der Waals surface area contributed by atoms with E-state index in [0.717, 1.165) is 17.5 Å². The number of benzene rings is 1. The van der Waals surface area contributed by atoms with Crippen molar-refractivity contribution in [3.63, 3.8) is 0 Å². The first-order chi connectivity index (χ1) is 12.0. The molecule has 2 aromatic rings. The van der Waals surface area contributed by atoms with Crippen molar-refractivity contribution in [3.8, 4) is 0 Å². The van der Waals surface area contributed by atoms with Crippen LogP contribution in [0.4, 0.5) is 0 Å². The van der Waals surface area contributed by atoms with Gasteiger partial charge in [-0.05, 0) is 36.1 Å². The molecule has 2 N–H and O–H groups in total. The van der Waals surface area contributed by atoms with Gasteiger partial charge in [-0.1, -0.05) is 48.3 Å². The van der Waals surface area contributed by atoms with Crippen LogP contribution < -0.4 is 5.73 Å². The normalized spacial score (nSPS) is 11.6. The second kappa shape index (κ2) is 9.51. The maximum absolute atomic E-state index is 12.2. The highest BCUT2D eigenvalue weighted by Crippen LogP contribution is 2.16. The summed E-state index contributed by atoms with van der Waals surface area (Å²) in [6.45, 7) is 2.43. The number of aryl methyl sites for hydroxylation is 1. The van der Waals surface area contributed by atoms with Crippen LogP contribution in [0.5, 0.6) is 0 Å². The van der Waals surface area contributed by atoms with Gasteiger partial charge in [-0.3, -0.25) is 4.79 Å². The van der Waals surface area contributed by atoms with Crippen molar-refractivity contribution in [2.24, 2.45) is 10.7 Å². The Morgan fingerprint density at radius 2 is 2.08 bits per heavy atom. The van der Waals surface area contributed by atoms with Crippen LogP contribution >= 0.6 is 23.2 Å². The largest absolute Gasteiger partial charge is 0.385 e. The Morgan fingerprint density at radius 1 is 1.32 bits per heavy atom. The highest BCUT2D eigenvalue weighted by Gasteiger charge is 2.12. The quantitative estimate of drug-likeness (QED) is 0.344. The summed E-state index contributed by atoms with van der Waals surface area (Å²) in [6, 6.07) is 9.22. The number of halogens is 2. The molecule has 1 aromatic carbocycles. The maximum Gasteiger partial charge on any atom is 0.281 e. The molecule has 1 aromatic heterocycles. The first kappa shape index (κ1) is 19.4. The van der Waals surface area contributed by atoms with Crippen LogP contribution in [0.15, 0.2) is 41.5 Å². The fourth-order valence-electron chi connectivity index (χ4n) is 2.12. The molecule has 0 saturated heterocycles. The predicted octanol–water partition coefficient (Wildman–Crippen LogP) is 3.71. The molecular formula is C18H19Cl2N3O2. The van der Waals surface area contributed by atoms with Gasteiger partial charge in [0.1, 0.15) is 17.6 Å². The van der Waals surface area contributed by atoms with E-state index in [1.807, 2.05) is 31.2 Å². The fourth-order valence-corrected chi connectivity index (χ4v) is 2.53. The Hall–Kier alpha value is -1.95. The maximum atomic E-state index is 12.2. The zero-order valence-electron chi connectivity index (χ0n) is 13.8. The third-order valence-electron chi connectivity index (χ3n) is 3.50. The molecule has 0 radical (unpaired) electrons. The molecule has 0 bridgehead atoms. The van der Waals surface area contributed by atoms with Gasteiger partial charge in [-0.25, -0.2) is 4.98 Å². The van der Waals surface area contributed by atoms with Gasteiger partial charge in [0.15, 0.2) is 0 Å². The van der Waals surface area contributed by atoms with Gasteiger partial charge in [-0.15, -0.1) is 0 Å². The lowest BCUT2D eigenvalue weighted by molar-refractivity contribution is 0.1000. The lowest BCUT2D eigenvalue weighted by Gasteiger charge is -2.06. The Balaban J connectivity index is 1.89. The lowest BCUT2D eigenvalue weighted by Crippen LogP contribution is -2.22. The first-order valence-electron chi connectivity index (χ1n) is 7.84. The molecule has 2 rings (SSSR count). The molecular weight excluding hydrogens is 361 g/mol. The summed E-state index contributed by atoms with van der Waals surface area (Å²) in [7, 11) is 0. The van der Waals surface area contributed by atoms with E-state index in [4.69, 9.17) is 33.7 Å². The van der Waals surface area contributed by atoms with Gasteiger partial charge in [0, 0.05) is 11.2 Å². The predicted molar refractivity (Wildman–Crippen MR) is 101 cm³/mol. The number of hydrogen-bond donors (Lipinski definition) is 1. The van der Waals surface area contributed by atoms with Gasteiger partial charge < -0.3 is 10.5 Å². The average molecular weight is 380 g/mol. The minimum absolute atomic E-state index is 0.0503. The number of hydrogen-bond acceptors (Lipinski definition) is 3. The van der Waals surface area contributed by atoms with Crippen LogP contribution in [-0.4, -0.2) is 29.9 Å². The molecule has 132 valence electrons. The number of carbonyl (C=O) groups excluding carboxylic acids is 1. The summed E-state index contributed by atoms with van der Waals surface area (Å²) < 4.78 is 5.45. The van der Waals surface area contributed by atoms with Crippen molar-refractivity contribution in [2.45, 2.75) is 19.8 Å².